The molecule has 1 atom stereocenters. The Morgan fingerprint density at radius 2 is 1.81 bits per heavy atom. The third-order valence-electron chi connectivity index (χ3n) is 6.56. The van der Waals surface area contributed by atoms with Gasteiger partial charge in [-0.15, -0.1) is 0 Å². The number of carbonyl (C=O) groups is 1. The van der Waals surface area contributed by atoms with E-state index in [-0.39, 0.29) is 18.0 Å². The van der Waals surface area contributed by atoms with Crippen LogP contribution in [0.25, 0.3) is 28.0 Å². The predicted octanol–water partition coefficient (Wildman–Crippen LogP) is 5.30. The molecule has 1 unspecified atom stereocenters. The molecular weight excluding hydrogens is 454 g/mol. The molecule has 1 amide bonds. The molecule has 0 fully saturated rings. The zero-order chi connectivity index (χ0) is 25.6. The predicted molar refractivity (Wildman–Crippen MR) is 137 cm³/mol. The molecular formula is C27H29N7O2. The summed E-state index contributed by atoms with van der Waals surface area (Å²) in [4.78, 5) is 24.5. The molecule has 9 heteroatoms. The Hall–Kier alpha value is -4.27. The van der Waals surface area contributed by atoms with Crippen LogP contribution in [0.5, 0.6) is 0 Å². The summed E-state index contributed by atoms with van der Waals surface area (Å²) in [5.74, 6) is 1.47. The smallest absolute Gasteiger partial charge is 0.254 e. The minimum absolute atomic E-state index is 0.0977. The molecule has 9 nitrogen and oxygen atoms in total. The van der Waals surface area contributed by atoms with Crippen LogP contribution in [0.15, 0.2) is 59.7 Å². The highest BCUT2D eigenvalue weighted by molar-refractivity contribution is 6.06. The van der Waals surface area contributed by atoms with Crippen molar-refractivity contribution in [2.45, 2.75) is 46.7 Å². The Labute approximate surface area is 209 Å². The van der Waals surface area contributed by atoms with Gasteiger partial charge in [-0.05, 0) is 64.4 Å². The molecule has 5 aromatic rings. The number of hydrogen-bond donors (Lipinski definition) is 0. The van der Waals surface area contributed by atoms with Crippen LogP contribution in [0, 0.1) is 13.8 Å². The first kappa shape index (κ1) is 23.5. The first-order valence-electron chi connectivity index (χ1n) is 11.9. The van der Waals surface area contributed by atoms with Crippen molar-refractivity contribution in [1.82, 2.24) is 34.4 Å². The summed E-state index contributed by atoms with van der Waals surface area (Å²) in [6.07, 6.45) is 4.89. The van der Waals surface area contributed by atoms with E-state index in [1.807, 2.05) is 82.7 Å². The first-order chi connectivity index (χ1) is 17.2. The Kier molecular flexibility index (Phi) is 5.91. The Bertz CT molecular complexity index is 1530. The topological polar surface area (TPSA) is 94.9 Å². The van der Waals surface area contributed by atoms with E-state index in [2.05, 4.69) is 15.2 Å². The fourth-order valence-electron chi connectivity index (χ4n) is 4.43. The second-order valence-corrected chi connectivity index (χ2v) is 9.33. The van der Waals surface area contributed by atoms with E-state index < -0.39 is 0 Å². The number of benzene rings is 1. The van der Waals surface area contributed by atoms with Crippen LogP contribution in [0.4, 0.5) is 0 Å². The molecule has 184 valence electrons. The number of amides is 1. The second kappa shape index (κ2) is 9.07. The Morgan fingerprint density at radius 1 is 1.06 bits per heavy atom. The lowest BCUT2D eigenvalue weighted by molar-refractivity contribution is 0.0744. The van der Waals surface area contributed by atoms with Crippen LogP contribution in [-0.4, -0.2) is 47.4 Å². The van der Waals surface area contributed by atoms with Gasteiger partial charge in [-0.1, -0.05) is 12.1 Å². The quantitative estimate of drug-likeness (QED) is 0.325. The van der Waals surface area contributed by atoms with Crippen molar-refractivity contribution in [1.29, 1.82) is 0 Å². The van der Waals surface area contributed by atoms with Gasteiger partial charge in [-0.2, -0.15) is 10.2 Å². The number of furan rings is 1. The van der Waals surface area contributed by atoms with Crippen LogP contribution in [0.1, 0.15) is 60.3 Å². The van der Waals surface area contributed by atoms with E-state index >= 15 is 0 Å². The van der Waals surface area contributed by atoms with E-state index in [9.17, 15) is 4.79 Å². The molecule has 1 aromatic carbocycles. The van der Waals surface area contributed by atoms with Crippen LogP contribution in [0.3, 0.4) is 0 Å². The molecule has 5 rings (SSSR count). The van der Waals surface area contributed by atoms with Gasteiger partial charge in [0.15, 0.2) is 5.65 Å². The number of hydrogen-bond acceptors (Lipinski definition) is 6. The lowest BCUT2D eigenvalue weighted by Gasteiger charge is -2.26. The summed E-state index contributed by atoms with van der Waals surface area (Å²) in [6, 6.07) is 11.7. The van der Waals surface area contributed by atoms with E-state index in [1.54, 1.807) is 22.1 Å². The number of pyridine rings is 1. The summed E-state index contributed by atoms with van der Waals surface area (Å²) in [5.41, 5.74) is 4.74. The molecule has 0 saturated heterocycles. The number of nitrogens with zero attached hydrogens (tertiary/aromatic N) is 7. The van der Waals surface area contributed by atoms with Gasteiger partial charge in [0, 0.05) is 18.7 Å². The average molecular weight is 484 g/mol. The number of fused-ring (bicyclic) bond motifs is 1. The summed E-state index contributed by atoms with van der Waals surface area (Å²) < 4.78 is 9.30. The zero-order valence-corrected chi connectivity index (χ0v) is 21.3. The van der Waals surface area contributed by atoms with E-state index in [0.29, 0.717) is 16.9 Å². The van der Waals surface area contributed by atoms with Crippen molar-refractivity contribution >= 4 is 16.9 Å². The molecule has 0 spiro atoms. The Morgan fingerprint density at radius 3 is 2.42 bits per heavy atom. The SMILES string of the molecule is Cc1cc(-c2cc(C(=O)N(C)C(C)c3ccc(-n4cncn4)cc3)c3cnn(C(C)C)c3n2)c(C)o1. The summed E-state index contributed by atoms with van der Waals surface area (Å²) in [6.45, 7) is 9.93. The highest BCUT2D eigenvalue weighted by atomic mass is 16.3. The van der Waals surface area contributed by atoms with Crippen molar-refractivity contribution in [3.8, 4) is 16.9 Å². The minimum atomic E-state index is -0.160. The molecule has 0 aliphatic heterocycles. The van der Waals surface area contributed by atoms with Crippen molar-refractivity contribution in [3.63, 3.8) is 0 Å². The monoisotopic (exact) mass is 483 g/mol. The average Bonchev–Trinajstić information content (AvgIpc) is 3.62. The van der Waals surface area contributed by atoms with Crippen LogP contribution in [0.2, 0.25) is 0 Å². The molecule has 0 aliphatic carbocycles. The molecule has 36 heavy (non-hydrogen) atoms. The molecule has 0 bridgehead atoms. The highest BCUT2D eigenvalue weighted by Crippen LogP contribution is 2.32. The standard InChI is InChI=1S/C27H29N7O2/c1-16(2)34-26-24(13-29-34)23(12-25(31-26)22-11-17(3)36-19(22)5)27(35)32(6)18(4)20-7-9-21(10-8-20)33-15-28-14-30-33/h7-16,18H,1-6H3. The lowest BCUT2D eigenvalue weighted by Crippen LogP contribution is -2.30. The van der Waals surface area contributed by atoms with Gasteiger partial charge in [0.25, 0.3) is 5.91 Å². The van der Waals surface area contributed by atoms with Gasteiger partial charge in [0.05, 0.1) is 34.6 Å². The largest absolute Gasteiger partial charge is 0.466 e. The maximum atomic E-state index is 13.9. The maximum absolute atomic E-state index is 13.9. The van der Waals surface area contributed by atoms with E-state index in [4.69, 9.17) is 9.40 Å². The molecule has 0 N–H and O–H groups in total. The van der Waals surface area contributed by atoms with Gasteiger partial charge in [-0.25, -0.2) is 19.3 Å². The first-order valence-corrected chi connectivity index (χ1v) is 11.9. The summed E-state index contributed by atoms with van der Waals surface area (Å²) >= 11 is 0. The van der Waals surface area contributed by atoms with Crippen molar-refractivity contribution in [2.24, 2.45) is 0 Å². The molecule has 0 aliphatic rings. The fourth-order valence-corrected chi connectivity index (χ4v) is 4.43. The fraction of sp³-hybridized carbons (Fsp3) is 0.296. The van der Waals surface area contributed by atoms with Gasteiger partial charge in [0.2, 0.25) is 0 Å². The van der Waals surface area contributed by atoms with Gasteiger partial charge < -0.3 is 9.32 Å². The van der Waals surface area contributed by atoms with Crippen molar-refractivity contribution in [3.05, 3.63) is 77.9 Å². The number of rotatable bonds is 6. The normalized spacial score (nSPS) is 12.4. The second-order valence-electron chi connectivity index (χ2n) is 9.33. The summed E-state index contributed by atoms with van der Waals surface area (Å²) in [7, 11) is 1.82. The zero-order valence-electron chi connectivity index (χ0n) is 21.3. The van der Waals surface area contributed by atoms with E-state index in [1.165, 1.54) is 6.33 Å². The third kappa shape index (κ3) is 4.06. The molecule has 4 aromatic heterocycles. The number of carbonyl (C=O) groups excluding carboxylic acids is 1. The van der Waals surface area contributed by atoms with Gasteiger partial charge in [0.1, 0.15) is 24.2 Å². The van der Waals surface area contributed by atoms with Crippen molar-refractivity contribution < 1.29 is 9.21 Å². The van der Waals surface area contributed by atoms with Gasteiger partial charge >= 0.3 is 0 Å². The van der Waals surface area contributed by atoms with Crippen LogP contribution < -0.4 is 0 Å². The van der Waals surface area contributed by atoms with E-state index in [0.717, 1.165) is 33.7 Å². The molecule has 4 heterocycles. The molecule has 0 radical (unpaired) electrons. The Balaban J connectivity index is 1.53. The summed E-state index contributed by atoms with van der Waals surface area (Å²) in [5, 5.41) is 9.44. The van der Waals surface area contributed by atoms with Crippen LogP contribution >= 0.6 is 0 Å². The molecule has 0 saturated carbocycles. The lowest BCUT2D eigenvalue weighted by atomic mass is 10.0. The van der Waals surface area contributed by atoms with Crippen LogP contribution in [-0.2, 0) is 0 Å². The maximum Gasteiger partial charge on any atom is 0.254 e. The third-order valence-corrected chi connectivity index (χ3v) is 6.56. The minimum Gasteiger partial charge on any atom is -0.466 e. The van der Waals surface area contributed by atoms with Crippen molar-refractivity contribution in [2.75, 3.05) is 7.05 Å². The number of aromatic nitrogens is 6. The van der Waals surface area contributed by atoms with Gasteiger partial charge in [-0.3, -0.25) is 4.79 Å². The highest BCUT2D eigenvalue weighted by Gasteiger charge is 2.25. The number of aryl methyl sites for hydroxylation is 2.